The summed E-state index contributed by atoms with van der Waals surface area (Å²) < 4.78 is 0. The summed E-state index contributed by atoms with van der Waals surface area (Å²) >= 11 is 0. The van der Waals surface area contributed by atoms with Crippen molar-refractivity contribution >= 4 is 5.91 Å². The molecule has 1 aromatic rings. The predicted octanol–water partition coefficient (Wildman–Crippen LogP) is 0.929. The lowest BCUT2D eigenvalue weighted by Crippen LogP contribution is -2.52. The van der Waals surface area contributed by atoms with E-state index >= 15 is 0 Å². The van der Waals surface area contributed by atoms with E-state index in [2.05, 4.69) is 9.88 Å². The van der Waals surface area contributed by atoms with Crippen LogP contribution < -0.4 is 0 Å². The third-order valence-corrected chi connectivity index (χ3v) is 3.69. The number of nitrogens with zero attached hydrogens (tertiary/aromatic N) is 3. The molecular formula is C16H25N3O2. The second-order valence-electron chi connectivity index (χ2n) is 6.33. The van der Waals surface area contributed by atoms with Crippen LogP contribution in [0.5, 0.6) is 0 Å². The smallest absolute Gasteiger partial charge is 0.222 e. The second kappa shape index (κ2) is 7.00. The number of carbonyl (C=O) groups is 1. The van der Waals surface area contributed by atoms with Crippen molar-refractivity contribution in [2.24, 2.45) is 0 Å². The lowest BCUT2D eigenvalue weighted by molar-refractivity contribution is -0.133. The van der Waals surface area contributed by atoms with E-state index < -0.39 is 5.60 Å². The molecule has 1 aromatic heterocycles. The van der Waals surface area contributed by atoms with Gasteiger partial charge in [0.25, 0.3) is 0 Å². The van der Waals surface area contributed by atoms with Crippen LogP contribution >= 0.6 is 0 Å². The Bertz CT molecular complexity index is 448. The van der Waals surface area contributed by atoms with Crippen LogP contribution in [0, 0.1) is 0 Å². The van der Waals surface area contributed by atoms with E-state index in [0.29, 0.717) is 13.0 Å². The predicted molar refractivity (Wildman–Crippen MR) is 81.9 cm³/mol. The number of aliphatic hydroxyl groups is 1. The van der Waals surface area contributed by atoms with Gasteiger partial charge in [0.2, 0.25) is 5.91 Å². The normalized spacial score (nSPS) is 17.0. The molecule has 0 atom stereocenters. The maximum Gasteiger partial charge on any atom is 0.222 e. The lowest BCUT2D eigenvalue weighted by atomic mass is 10.1. The van der Waals surface area contributed by atoms with Gasteiger partial charge in [-0.2, -0.15) is 0 Å². The van der Waals surface area contributed by atoms with Crippen molar-refractivity contribution in [3.05, 3.63) is 30.1 Å². The number of amides is 1. The van der Waals surface area contributed by atoms with Gasteiger partial charge in [-0.3, -0.25) is 14.7 Å². The number of hydrogen-bond donors (Lipinski definition) is 1. The SMILES string of the molecule is CC(C)(O)CN1CCN(C(=O)CCc2cccnc2)CC1. The Labute approximate surface area is 126 Å². The molecule has 0 aliphatic carbocycles. The van der Waals surface area contributed by atoms with Gasteiger partial charge in [0.15, 0.2) is 0 Å². The summed E-state index contributed by atoms with van der Waals surface area (Å²) in [5, 5.41) is 9.83. The second-order valence-corrected chi connectivity index (χ2v) is 6.33. The lowest BCUT2D eigenvalue weighted by Gasteiger charge is -2.37. The van der Waals surface area contributed by atoms with E-state index in [0.717, 1.165) is 38.2 Å². The molecule has 2 rings (SSSR count). The molecule has 1 fully saturated rings. The molecular weight excluding hydrogens is 266 g/mol. The van der Waals surface area contributed by atoms with Crippen LogP contribution in [0.3, 0.4) is 0 Å². The molecule has 0 bridgehead atoms. The first-order valence-electron chi connectivity index (χ1n) is 7.55. The molecule has 0 radical (unpaired) electrons. The quantitative estimate of drug-likeness (QED) is 0.877. The highest BCUT2D eigenvalue weighted by Gasteiger charge is 2.24. The number of aryl methyl sites for hydroxylation is 1. The van der Waals surface area contributed by atoms with Crippen LogP contribution in [0.1, 0.15) is 25.8 Å². The Morgan fingerprint density at radius 2 is 2.05 bits per heavy atom. The van der Waals surface area contributed by atoms with Crippen LogP contribution in [0.25, 0.3) is 0 Å². The van der Waals surface area contributed by atoms with Crippen molar-refractivity contribution in [3.63, 3.8) is 0 Å². The van der Waals surface area contributed by atoms with Crippen LogP contribution in [-0.4, -0.2) is 64.1 Å². The number of rotatable bonds is 5. The first-order valence-corrected chi connectivity index (χ1v) is 7.55. The molecule has 1 aliphatic heterocycles. The number of hydrogen-bond acceptors (Lipinski definition) is 4. The number of carbonyl (C=O) groups excluding carboxylic acids is 1. The fourth-order valence-electron chi connectivity index (χ4n) is 2.66. The van der Waals surface area contributed by atoms with Crippen LogP contribution in [0.2, 0.25) is 0 Å². The van der Waals surface area contributed by atoms with Crippen LogP contribution in [0.15, 0.2) is 24.5 Å². The molecule has 0 spiro atoms. The van der Waals surface area contributed by atoms with E-state index in [4.69, 9.17) is 0 Å². The first kappa shape index (κ1) is 15.9. The minimum atomic E-state index is -0.674. The zero-order valence-corrected chi connectivity index (χ0v) is 13.0. The molecule has 1 amide bonds. The zero-order chi connectivity index (χ0) is 15.3. The molecule has 5 heteroatoms. The van der Waals surface area contributed by atoms with Gasteiger partial charge in [-0.15, -0.1) is 0 Å². The van der Waals surface area contributed by atoms with E-state index in [1.54, 1.807) is 6.20 Å². The largest absolute Gasteiger partial charge is 0.389 e. The third-order valence-electron chi connectivity index (χ3n) is 3.69. The van der Waals surface area contributed by atoms with Gasteiger partial charge in [0, 0.05) is 51.5 Å². The third kappa shape index (κ3) is 5.44. The first-order chi connectivity index (χ1) is 9.94. The summed E-state index contributed by atoms with van der Waals surface area (Å²) in [4.78, 5) is 20.4. The summed E-state index contributed by atoms with van der Waals surface area (Å²) in [5.41, 5.74) is 0.429. The molecule has 21 heavy (non-hydrogen) atoms. The van der Waals surface area contributed by atoms with Gasteiger partial charge >= 0.3 is 0 Å². The minimum Gasteiger partial charge on any atom is -0.389 e. The number of pyridine rings is 1. The van der Waals surface area contributed by atoms with Gasteiger partial charge in [0.1, 0.15) is 0 Å². The summed E-state index contributed by atoms with van der Waals surface area (Å²) in [5.74, 6) is 0.210. The maximum absolute atomic E-state index is 12.2. The summed E-state index contributed by atoms with van der Waals surface area (Å²) in [7, 11) is 0. The molecule has 0 aromatic carbocycles. The van der Waals surface area contributed by atoms with E-state index in [9.17, 15) is 9.90 Å². The highest BCUT2D eigenvalue weighted by atomic mass is 16.3. The number of aromatic nitrogens is 1. The summed E-state index contributed by atoms with van der Waals surface area (Å²) in [6.07, 6.45) is 4.84. The van der Waals surface area contributed by atoms with E-state index in [-0.39, 0.29) is 5.91 Å². The molecule has 2 heterocycles. The Kier molecular flexibility index (Phi) is 5.31. The fourth-order valence-corrected chi connectivity index (χ4v) is 2.66. The van der Waals surface area contributed by atoms with Crippen molar-refractivity contribution in [2.45, 2.75) is 32.3 Å². The molecule has 1 N–H and O–H groups in total. The fraction of sp³-hybridized carbons (Fsp3) is 0.625. The Morgan fingerprint density at radius 3 is 2.62 bits per heavy atom. The van der Waals surface area contributed by atoms with E-state index in [1.165, 1.54) is 0 Å². The monoisotopic (exact) mass is 291 g/mol. The number of β-amino-alcohol motifs (C(OH)–C–C–N with tert-alkyl or cyclic N) is 1. The average molecular weight is 291 g/mol. The average Bonchev–Trinajstić information content (AvgIpc) is 2.45. The number of piperazine rings is 1. The van der Waals surface area contributed by atoms with Crippen LogP contribution in [-0.2, 0) is 11.2 Å². The van der Waals surface area contributed by atoms with Crippen molar-refractivity contribution in [1.29, 1.82) is 0 Å². The summed E-state index contributed by atoms with van der Waals surface area (Å²) in [6.45, 7) is 7.47. The van der Waals surface area contributed by atoms with Gasteiger partial charge in [-0.1, -0.05) is 6.07 Å². The summed E-state index contributed by atoms with van der Waals surface area (Å²) in [6, 6.07) is 3.90. The maximum atomic E-state index is 12.2. The van der Waals surface area contributed by atoms with Crippen LogP contribution in [0.4, 0.5) is 0 Å². The highest BCUT2D eigenvalue weighted by molar-refractivity contribution is 5.76. The van der Waals surface area contributed by atoms with Crippen molar-refractivity contribution < 1.29 is 9.90 Å². The van der Waals surface area contributed by atoms with Gasteiger partial charge in [-0.05, 0) is 31.9 Å². The van der Waals surface area contributed by atoms with Crippen molar-refractivity contribution in [1.82, 2.24) is 14.8 Å². The van der Waals surface area contributed by atoms with E-state index in [1.807, 2.05) is 37.1 Å². The zero-order valence-electron chi connectivity index (χ0n) is 13.0. The van der Waals surface area contributed by atoms with Gasteiger partial charge in [0.05, 0.1) is 5.60 Å². The Balaban J connectivity index is 1.73. The molecule has 116 valence electrons. The molecule has 1 saturated heterocycles. The Morgan fingerprint density at radius 1 is 1.33 bits per heavy atom. The topological polar surface area (TPSA) is 56.7 Å². The Hall–Kier alpha value is -1.46. The molecule has 0 unspecified atom stereocenters. The molecule has 1 aliphatic rings. The van der Waals surface area contributed by atoms with Crippen molar-refractivity contribution in [2.75, 3.05) is 32.7 Å². The highest BCUT2D eigenvalue weighted by Crippen LogP contribution is 2.10. The van der Waals surface area contributed by atoms with Gasteiger partial charge in [-0.25, -0.2) is 0 Å². The molecule has 5 nitrogen and oxygen atoms in total. The minimum absolute atomic E-state index is 0.210. The van der Waals surface area contributed by atoms with Crippen molar-refractivity contribution in [3.8, 4) is 0 Å². The standard InChI is InChI=1S/C16H25N3O2/c1-16(2,21)13-18-8-10-19(11-9-18)15(20)6-5-14-4-3-7-17-12-14/h3-4,7,12,21H,5-6,8-11,13H2,1-2H3. The van der Waals surface area contributed by atoms with Gasteiger partial charge < -0.3 is 10.0 Å². The molecule has 0 saturated carbocycles.